The lowest BCUT2D eigenvalue weighted by Crippen LogP contribution is -2.31. The van der Waals surface area contributed by atoms with Gasteiger partial charge in [-0.05, 0) is 26.0 Å². The number of aromatic nitrogens is 1. The largest absolute Gasteiger partial charge is 0.392 e. The Morgan fingerprint density at radius 3 is 2.93 bits per heavy atom. The number of carbonyl (C=O) groups is 1. The minimum absolute atomic E-state index is 0.244. The summed E-state index contributed by atoms with van der Waals surface area (Å²) in [5.74, 6) is -0.255. The van der Waals surface area contributed by atoms with Crippen molar-refractivity contribution in [2.75, 3.05) is 6.54 Å². The highest BCUT2D eigenvalue weighted by Crippen LogP contribution is 1.97. The Bertz CT molecular complexity index is 324. The molecule has 1 atom stereocenters. The van der Waals surface area contributed by atoms with Crippen LogP contribution in [0.4, 0.5) is 0 Å². The Kier molecular flexibility index (Phi) is 3.59. The van der Waals surface area contributed by atoms with Crippen molar-refractivity contribution in [2.45, 2.75) is 20.0 Å². The standard InChI is InChI=1S/C10H14N2O2/c1-7-4-3-5-9(12-7)10(14)11-6-8(2)13/h3-5,8,13H,6H2,1-2H3,(H,11,14)/t8-/m1/s1. The second kappa shape index (κ2) is 4.72. The van der Waals surface area contributed by atoms with Crippen LogP contribution in [0.2, 0.25) is 0 Å². The lowest BCUT2D eigenvalue weighted by molar-refractivity contribution is 0.0919. The third-order valence-corrected chi connectivity index (χ3v) is 1.68. The molecule has 0 aromatic carbocycles. The van der Waals surface area contributed by atoms with Crippen molar-refractivity contribution >= 4 is 5.91 Å². The van der Waals surface area contributed by atoms with Crippen LogP contribution in [0.15, 0.2) is 18.2 Å². The molecule has 1 amide bonds. The highest BCUT2D eigenvalue weighted by Gasteiger charge is 2.06. The van der Waals surface area contributed by atoms with E-state index < -0.39 is 6.10 Å². The number of rotatable bonds is 3. The first-order valence-corrected chi connectivity index (χ1v) is 4.49. The van der Waals surface area contributed by atoms with Crippen molar-refractivity contribution in [1.29, 1.82) is 0 Å². The van der Waals surface area contributed by atoms with Crippen LogP contribution in [0, 0.1) is 6.92 Å². The monoisotopic (exact) mass is 194 g/mol. The van der Waals surface area contributed by atoms with Gasteiger partial charge in [0.25, 0.3) is 5.91 Å². The Labute approximate surface area is 83.0 Å². The molecule has 4 heteroatoms. The summed E-state index contributed by atoms with van der Waals surface area (Å²) in [6, 6.07) is 5.25. The van der Waals surface area contributed by atoms with Crippen LogP contribution in [0.1, 0.15) is 23.1 Å². The zero-order valence-electron chi connectivity index (χ0n) is 8.32. The van der Waals surface area contributed by atoms with E-state index in [-0.39, 0.29) is 12.5 Å². The minimum Gasteiger partial charge on any atom is -0.392 e. The third kappa shape index (κ3) is 3.14. The summed E-state index contributed by atoms with van der Waals surface area (Å²) in [5.41, 5.74) is 1.18. The predicted molar refractivity (Wildman–Crippen MR) is 53.0 cm³/mol. The van der Waals surface area contributed by atoms with E-state index in [2.05, 4.69) is 10.3 Å². The van der Waals surface area contributed by atoms with E-state index in [1.165, 1.54) is 0 Å². The normalized spacial score (nSPS) is 12.2. The van der Waals surface area contributed by atoms with Crippen LogP contribution in [-0.4, -0.2) is 28.6 Å². The lowest BCUT2D eigenvalue weighted by Gasteiger charge is -2.06. The number of aryl methyl sites for hydroxylation is 1. The number of nitrogens with one attached hydrogen (secondary N) is 1. The van der Waals surface area contributed by atoms with Crippen molar-refractivity contribution < 1.29 is 9.90 Å². The van der Waals surface area contributed by atoms with Gasteiger partial charge in [0.05, 0.1) is 6.10 Å². The molecule has 0 spiro atoms. The summed E-state index contributed by atoms with van der Waals surface area (Å²) in [6.07, 6.45) is -0.538. The number of pyridine rings is 1. The van der Waals surface area contributed by atoms with Gasteiger partial charge in [-0.3, -0.25) is 4.79 Å². The molecule has 2 N–H and O–H groups in total. The van der Waals surface area contributed by atoms with Gasteiger partial charge in [-0.2, -0.15) is 0 Å². The first-order chi connectivity index (χ1) is 6.59. The van der Waals surface area contributed by atoms with Crippen LogP contribution in [0.3, 0.4) is 0 Å². The number of amides is 1. The van der Waals surface area contributed by atoms with E-state index in [9.17, 15) is 4.79 Å². The second-order valence-corrected chi connectivity index (χ2v) is 3.22. The molecule has 1 rings (SSSR count). The van der Waals surface area contributed by atoms with Gasteiger partial charge >= 0.3 is 0 Å². The fourth-order valence-corrected chi connectivity index (χ4v) is 1.00. The van der Waals surface area contributed by atoms with Gasteiger partial charge in [-0.25, -0.2) is 4.98 Å². The maximum Gasteiger partial charge on any atom is 0.269 e. The zero-order valence-corrected chi connectivity index (χ0v) is 8.32. The molecule has 4 nitrogen and oxygen atoms in total. The van der Waals surface area contributed by atoms with Crippen LogP contribution >= 0.6 is 0 Å². The van der Waals surface area contributed by atoms with Crippen molar-refractivity contribution in [2.24, 2.45) is 0 Å². The molecule has 0 aliphatic carbocycles. The van der Waals surface area contributed by atoms with Crippen LogP contribution in [-0.2, 0) is 0 Å². The number of hydrogen-bond donors (Lipinski definition) is 2. The number of nitrogens with zero attached hydrogens (tertiary/aromatic N) is 1. The lowest BCUT2D eigenvalue weighted by atomic mass is 10.3. The average molecular weight is 194 g/mol. The van der Waals surface area contributed by atoms with E-state index in [1.54, 1.807) is 19.1 Å². The molecule has 0 aliphatic rings. The maximum absolute atomic E-state index is 11.4. The van der Waals surface area contributed by atoms with Gasteiger partial charge in [0.2, 0.25) is 0 Å². The third-order valence-electron chi connectivity index (χ3n) is 1.68. The molecule has 0 saturated carbocycles. The Hall–Kier alpha value is -1.42. The second-order valence-electron chi connectivity index (χ2n) is 3.22. The Balaban J connectivity index is 2.61. The first kappa shape index (κ1) is 10.7. The van der Waals surface area contributed by atoms with Crippen molar-refractivity contribution in [3.05, 3.63) is 29.6 Å². The Morgan fingerprint density at radius 2 is 2.36 bits per heavy atom. The fourth-order valence-electron chi connectivity index (χ4n) is 1.00. The summed E-state index contributed by atoms with van der Waals surface area (Å²) in [7, 11) is 0. The molecule has 0 bridgehead atoms. The molecule has 0 radical (unpaired) electrons. The molecule has 1 heterocycles. The number of aliphatic hydroxyl groups excluding tert-OH is 1. The van der Waals surface area contributed by atoms with Gasteiger partial charge in [0, 0.05) is 12.2 Å². The maximum atomic E-state index is 11.4. The van der Waals surface area contributed by atoms with Gasteiger partial charge in [0.1, 0.15) is 5.69 Å². The molecule has 0 aliphatic heterocycles. The number of aliphatic hydroxyl groups is 1. The molecule has 0 unspecified atom stereocenters. The van der Waals surface area contributed by atoms with Crippen LogP contribution in [0.25, 0.3) is 0 Å². The van der Waals surface area contributed by atoms with Crippen LogP contribution < -0.4 is 5.32 Å². The molecular weight excluding hydrogens is 180 g/mol. The zero-order chi connectivity index (χ0) is 10.6. The first-order valence-electron chi connectivity index (χ1n) is 4.49. The van der Waals surface area contributed by atoms with Crippen LogP contribution in [0.5, 0.6) is 0 Å². The summed E-state index contributed by atoms with van der Waals surface area (Å²) < 4.78 is 0. The summed E-state index contributed by atoms with van der Waals surface area (Å²) in [6.45, 7) is 3.68. The van der Waals surface area contributed by atoms with E-state index in [0.717, 1.165) is 5.69 Å². The number of hydrogen-bond acceptors (Lipinski definition) is 3. The highest BCUT2D eigenvalue weighted by atomic mass is 16.3. The highest BCUT2D eigenvalue weighted by molar-refractivity contribution is 5.92. The van der Waals surface area contributed by atoms with Gasteiger partial charge < -0.3 is 10.4 Å². The van der Waals surface area contributed by atoms with Gasteiger partial charge in [-0.1, -0.05) is 6.07 Å². The fraction of sp³-hybridized carbons (Fsp3) is 0.400. The smallest absolute Gasteiger partial charge is 0.269 e. The quantitative estimate of drug-likeness (QED) is 0.736. The molecule has 0 saturated heterocycles. The molecule has 14 heavy (non-hydrogen) atoms. The van der Waals surface area contributed by atoms with Gasteiger partial charge in [0.15, 0.2) is 0 Å². The molecule has 1 aromatic rings. The van der Waals surface area contributed by atoms with E-state index in [4.69, 9.17) is 5.11 Å². The SMILES string of the molecule is Cc1cccc(C(=O)NC[C@@H](C)O)n1. The molecule has 0 fully saturated rings. The topological polar surface area (TPSA) is 62.2 Å². The summed E-state index contributed by atoms with van der Waals surface area (Å²) in [5, 5.41) is 11.5. The van der Waals surface area contributed by atoms with Gasteiger partial charge in [-0.15, -0.1) is 0 Å². The Morgan fingerprint density at radius 1 is 1.64 bits per heavy atom. The van der Waals surface area contributed by atoms with E-state index in [0.29, 0.717) is 5.69 Å². The molecular formula is C10H14N2O2. The average Bonchev–Trinajstić information content (AvgIpc) is 2.14. The summed E-state index contributed by atoms with van der Waals surface area (Å²) >= 11 is 0. The van der Waals surface area contributed by atoms with Crippen molar-refractivity contribution in [3.63, 3.8) is 0 Å². The van der Waals surface area contributed by atoms with Crippen molar-refractivity contribution in [3.8, 4) is 0 Å². The molecule has 1 aromatic heterocycles. The van der Waals surface area contributed by atoms with E-state index in [1.807, 2.05) is 13.0 Å². The van der Waals surface area contributed by atoms with E-state index >= 15 is 0 Å². The number of carbonyl (C=O) groups excluding carboxylic acids is 1. The van der Waals surface area contributed by atoms with Crippen molar-refractivity contribution in [1.82, 2.24) is 10.3 Å². The predicted octanol–water partition coefficient (Wildman–Crippen LogP) is 0.501. The summed E-state index contributed by atoms with van der Waals surface area (Å²) in [4.78, 5) is 15.5. The molecule has 76 valence electrons. The minimum atomic E-state index is -0.538.